The van der Waals surface area contributed by atoms with E-state index in [4.69, 9.17) is 0 Å². The van der Waals surface area contributed by atoms with Crippen molar-refractivity contribution in [3.63, 3.8) is 0 Å². The number of amidine groups is 1. The Morgan fingerprint density at radius 1 is 1.55 bits per heavy atom. The molecule has 0 aliphatic heterocycles. The van der Waals surface area contributed by atoms with Crippen LogP contribution in [0.1, 0.15) is 20.8 Å². The first-order valence-electron chi connectivity index (χ1n) is 3.58. The largest absolute Gasteiger partial charge is 0.335 e. The molecule has 0 aromatic carbocycles. The molecular formula is C8H15FN2. The Morgan fingerprint density at radius 2 is 2.00 bits per heavy atom. The third-order valence-corrected chi connectivity index (χ3v) is 1.70. The summed E-state index contributed by atoms with van der Waals surface area (Å²) in [7, 11) is 1.75. The van der Waals surface area contributed by atoms with Crippen molar-refractivity contribution in [1.82, 2.24) is 4.90 Å². The molecule has 0 rings (SSSR count). The Hall–Kier alpha value is -0.860. The number of rotatable bonds is 2. The van der Waals surface area contributed by atoms with Crippen LogP contribution in [0.4, 0.5) is 4.48 Å². The molecule has 11 heavy (non-hydrogen) atoms. The van der Waals surface area contributed by atoms with Gasteiger partial charge in [-0.2, -0.15) is 0 Å². The maximum Gasteiger partial charge on any atom is 0.138 e. The highest BCUT2D eigenvalue weighted by atomic mass is 19.2. The van der Waals surface area contributed by atoms with Crippen LogP contribution >= 0.6 is 0 Å². The fourth-order valence-electron chi connectivity index (χ4n) is 0.652. The molecule has 0 atom stereocenters. The SMILES string of the molecule is C=C(C(C)C)N(C)C(C)=NF. The van der Waals surface area contributed by atoms with Crippen LogP contribution < -0.4 is 0 Å². The van der Waals surface area contributed by atoms with E-state index in [0.717, 1.165) is 5.70 Å². The second-order valence-corrected chi connectivity index (χ2v) is 2.84. The van der Waals surface area contributed by atoms with Crippen molar-refractivity contribution >= 4 is 5.84 Å². The van der Waals surface area contributed by atoms with E-state index >= 15 is 0 Å². The van der Waals surface area contributed by atoms with Crippen molar-refractivity contribution in [2.24, 2.45) is 11.1 Å². The van der Waals surface area contributed by atoms with Crippen LogP contribution in [0.15, 0.2) is 17.5 Å². The smallest absolute Gasteiger partial charge is 0.138 e. The predicted molar refractivity (Wildman–Crippen MR) is 46.0 cm³/mol. The summed E-state index contributed by atoms with van der Waals surface area (Å²) in [5.74, 6) is 0.653. The van der Waals surface area contributed by atoms with Crippen molar-refractivity contribution in [3.05, 3.63) is 12.3 Å². The third kappa shape index (κ3) is 2.70. The van der Waals surface area contributed by atoms with E-state index in [1.807, 2.05) is 13.8 Å². The predicted octanol–water partition coefficient (Wildman–Crippen LogP) is 2.39. The minimum Gasteiger partial charge on any atom is -0.335 e. The molecule has 0 saturated heterocycles. The molecule has 64 valence electrons. The van der Waals surface area contributed by atoms with Crippen LogP contribution in [0.2, 0.25) is 0 Å². The molecule has 3 heteroatoms. The number of nitrogens with zero attached hydrogens (tertiary/aromatic N) is 2. The van der Waals surface area contributed by atoms with Gasteiger partial charge in [-0.25, -0.2) is 0 Å². The van der Waals surface area contributed by atoms with Crippen LogP contribution in [-0.4, -0.2) is 17.8 Å². The van der Waals surface area contributed by atoms with Gasteiger partial charge in [0.1, 0.15) is 5.84 Å². The van der Waals surface area contributed by atoms with Gasteiger partial charge in [-0.15, -0.1) is 0 Å². The van der Waals surface area contributed by atoms with Crippen molar-refractivity contribution < 1.29 is 4.48 Å². The summed E-state index contributed by atoms with van der Waals surface area (Å²) in [6.07, 6.45) is 0. The fraction of sp³-hybridized carbons (Fsp3) is 0.625. The zero-order valence-electron chi connectivity index (χ0n) is 7.56. The van der Waals surface area contributed by atoms with Gasteiger partial charge in [0.25, 0.3) is 0 Å². The van der Waals surface area contributed by atoms with Gasteiger partial charge < -0.3 is 4.90 Å². The average Bonchev–Trinajstić information content (AvgIpc) is 2.00. The zero-order valence-corrected chi connectivity index (χ0v) is 7.56. The fourth-order valence-corrected chi connectivity index (χ4v) is 0.652. The first-order valence-corrected chi connectivity index (χ1v) is 3.58. The molecule has 0 bridgehead atoms. The molecule has 0 heterocycles. The first kappa shape index (κ1) is 10.1. The van der Waals surface area contributed by atoms with Gasteiger partial charge in [0, 0.05) is 12.7 Å². The van der Waals surface area contributed by atoms with E-state index in [0.29, 0.717) is 11.8 Å². The van der Waals surface area contributed by atoms with E-state index in [1.165, 1.54) is 0 Å². The highest BCUT2D eigenvalue weighted by Gasteiger charge is 2.08. The highest BCUT2D eigenvalue weighted by Crippen LogP contribution is 2.11. The van der Waals surface area contributed by atoms with E-state index in [1.54, 1.807) is 18.9 Å². The van der Waals surface area contributed by atoms with Gasteiger partial charge in [-0.3, -0.25) is 0 Å². The van der Waals surface area contributed by atoms with Crippen molar-refractivity contribution in [3.8, 4) is 0 Å². The topological polar surface area (TPSA) is 15.6 Å². The lowest BCUT2D eigenvalue weighted by atomic mass is 10.1. The molecule has 0 aromatic heterocycles. The van der Waals surface area contributed by atoms with E-state index in [9.17, 15) is 4.48 Å². The van der Waals surface area contributed by atoms with E-state index in [-0.39, 0.29) is 0 Å². The van der Waals surface area contributed by atoms with Gasteiger partial charge in [-0.1, -0.05) is 30.1 Å². The summed E-state index contributed by atoms with van der Waals surface area (Å²) in [5, 5.41) is 2.57. The molecule has 0 unspecified atom stereocenters. The molecule has 0 aliphatic rings. The van der Waals surface area contributed by atoms with Gasteiger partial charge in [0.05, 0.1) is 0 Å². The lowest BCUT2D eigenvalue weighted by Gasteiger charge is -2.22. The minimum absolute atomic E-state index is 0.316. The van der Waals surface area contributed by atoms with Crippen LogP contribution in [0.5, 0.6) is 0 Å². The van der Waals surface area contributed by atoms with Crippen LogP contribution in [0, 0.1) is 5.92 Å². The summed E-state index contributed by atoms with van der Waals surface area (Å²) in [6, 6.07) is 0. The Kier molecular flexibility index (Phi) is 3.79. The quantitative estimate of drug-likeness (QED) is 0.445. The molecule has 0 amide bonds. The van der Waals surface area contributed by atoms with Crippen LogP contribution in [0.3, 0.4) is 0 Å². The van der Waals surface area contributed by atoms with E-state index in [2.05, 4.69) is 11.8 Å². The van der Waals surface area contributed by atoms with Gasteiger partial charge in [0.15, 0.2) is 0 Å². The molecule has 0 spiro atoms. The maximum absolute atomic E-state index is 11.8. The Bertz CT molecular complexity index is 173. The minimum atomic E-state index is 0.316. The number of hydrogen-bond donors (Lipinski definition) is 0. The number of allylic oxidation sites excluding steroid dienone is 1. The van der Waals surface area contributed by atoms with Crippen LogP contribution in [0.25, 0.3) is 0 Å². The second-order valence-electron chi connectivity index (χ2n) is 2.84. The van der Waals surface area contributed by atoms with E-state index < -0.39 is 0 Å². The lowest BCUT2D eigenvalue weighted by Crippen LogP contribution is -2.25. The lowest BCUT2D eigenvalue weighted by molar-refractivity contribution is 0.479. The van der Waals surface area contributed by atoms with Gasteiger partial charge in [-0.05, 0) is 12.8 Å². The normalized spacial score (nSPS) is 12.0. The second kappa shape index (κ2) is 4.11. The van der Waals surface area contributed by atoms with Crippen molar-refractivity contribution in [2.75, 3.05) is 7.05 Å². The van der Waals surface area contributed by atoms with Gasteiger partial charge in [0.2, 0.25) is 0 Å². The summed E-state index contributed by atoms with van der Waals surface area (Å²) >= 11 is 0. The Labute approximate surface area is 67.4 Å². The summed E-state index contributed by atoms with van der Waals surface area (Å²) in [6.45, 7) is 9.41. The Morgan fingerprint density at radius 3 is 2.27 bits per heavy atom. The van der Waals surface area contributed by atoms with Crippen LogP contribution in [-0.2, 0) is 0 Å². The summed E-state index contributed by atoms with van der Waals surface area (Å²) in [4.78, 5) is 1.64. The third-order valence-electron chi connectivity index (χ3n) is 1.70. The maximum atomic E-state index is 11.8. The zero-order chi connectivity index (χ0) is 9.02. The molecule has 0 N–H and O–H groups in total. The summed E-state index contributed by atoms with van der Waals surface area (Å²) in [5.41, 5.74) is 0.865. The molecule has 0 aromatic rings. The highest BCUT2D eigenvalue weighted by molar-refractivity contribution is 5.80. The van der Waals surface area contributed by atoms with Gasteiger partial charge >= 0.3 is 0 Å². The first-order chi connectivity index (χ1) is 5.00. The number of hydrogen-bond acceptors (Lipinski definition) is 1. The monoisotopic (exact) mass is 158 g/mol. The molecule has 2 nitrogen and oxygen atoms in total. The van der Waals surface area contributed by atoms with Crippen molar-refractivity contribution in [1.29, 1.82) is 0 Å². The summed E-state index contributed by atoms with van der Waals surface area (Å²) < 4.78 is 11.8. The number of halogens is 1. The van der Waals surface area contributed by atoms with Crippen molar-refractivity contribution in [2.45, 2.75) is 20.8 Å². The molecule has 0 radical (unpaired) electrons. The average molecular weight is 158 g/mol. The molecular weight excluding hydrogens is 143 g/mol. The molecule has 0 aliphatic carbocycles. The standard InChI is InChI=1S/C8H15FN2/c1-6(2)7(3)11(5)8(4)10-9/h6H,3H2,1-2,4-5H3. The molecule has 0 saturated carbocycles. The Balaban J connectivity index is 4.25. The molecule has 0 fully saturated rings.